The second-order valence-corrected chi connectivity index (χ2v) is 4.40. The van der Waals surface area contributed by atoms with E-state index in [-0.39, 0.29) is 11.0 Å². The van der Waals surface area contributed by atoms with Gasteiger partial charge in [0.25, 0.3) is 5.56 Å². The molecule has 2 rings (SSSR count). The highest BCUT2D eigenvalue weighted by molar-refractivity contribution is 7.98. The van der Waals surface area contributed by atoms with Crippen LogP contribution in [0.15, 0.2) is 16.1 Å². The fraction of sp³-hybridized carbons (Fsp3) is 0.444. The van der Waals surface area contributed by atoms with E-state index in [1.54, 1.807) is 6.26 Å². The number of rotatable bonds is 2. The molecule has 0 saturated heterocycles. The van der Waals surface area contributed by atoms with E-state index in [1.165, 1.54) is 18.0 Å². The van der Waals surface area contributed by atoms with Crippen molar-refractivity contribution in [3.63, 3.8) is 0 Å². The molecule has 0 saturated carbocycles. The smallest absolute Gasteiger partial charge is 0.278 e. The summed E-state index contributed by atoms with van der Waals surface area (Å²) in [6.45, 7) is 0.902. The van der Waals surface area contributed by atoms with E-state index < -0.39 is 17.8 Å². The predicted octanol–water partition coefficient (Wildman–Crippen LogP) is 1.96. The molecule has 0 fully saturated rings. The number of hydrogen-bond acceptors (Lipinski definition) is 4. The summed E-state index contributed by atoms with van der Waals surface area (Å²) in [5.74, 6) is 0. The normalized spacial score (nSPS) is 14.1. The molecule has 9 heteroatoms. The molecule has 0 aliphatic rings. The SMILES string of the molecule is CSc1ncc2c(=O)n(C(C)C(F)(F)F)[nH]c2n1. The zero-order valence-corrected chi connectivity index (χ0v) is 10.3. The summed E-state index contributed by atoms with van der Waals surface area (Å²) in [6.07, 6.45) is -1.54. The molecule has 18 heavy (non-hydrogen) atoms. The van der Waals surface area contributed by atoms with Crippen molar-refractivity contribution < 1.29 is 13.2 Å². The molecular formula is C9H9F3N4OS. The van der Waals surface area contributed by atoms with Crippen LogP contribution in [0.5, 0.6) is 0 Å². The second kappa shape index (κ2) is 4.30. The van der Waals surface area contributed by atoms with Crippen LogP contribution in [0.2, 0.25) is 0 Å². The van der Waals surface area contributed by atoms with Crippen molar-refractivity contribution in [2.24, 2.45) is 0 Å². The first-order valence-electron chi connectivity index (χ1n) is 4.92. The third-order valence-corrected chi connectivity index (χ3v) is 3.05. The van der Waals surface area contributed by atoms with Gasteiger partial charge in [-0.1, -0.05) is 11.8 Å². The van der Waals surface area contributed by atoms with Gasteiger partial charge in [0.05, 0.1) is 0 Å². The van der Waals surface area contributed by atoms with Crippen LogP contribution in [0.1, 0.15) is 13.0 Å². The molecule has 1 atom stereocenters. The lowest BCUT2D eigenvalue weighted by Crippen LogP contribution is -2.31. The van der Waals surface area contributed by atoms with Crippen molar-refractivity contribution in [1.82, 2.24) is 19.7 Å². The van der Waals surface area contributed by atoms with Gasteiger partial charge in [0.1, 0.15) is 11.4 Å². The fourth-order valence-corrected chi connectivity index (χ4v) is 1.76. The Morgan fingerprint density at radius 2 is 2.17 bits per heavy atom. The maximum absolute atomic E-state index is 12.6. The first-order chi connectivity index (χ1) is 8.34. The third kappa shape index (κ3) is 2.09. The molecule has 1 unspecified atom stereocenters. The van der Waals surface area contributed by atoms with Gasteiger partial charge in [0.2, 0.25) is 0 Å². The van der Waals surface area contributed by atoms with Crippen LogP contribution in [0.3, 0.4) is 0 Å². The summed E-state index contributed by atoms with van der Waals surface area (Å²) < 4.78 is 38.2. The lowest BCUT2D eigenvalue weighted by molar-refractivity contribution is -0.165. The minimum absolute atomic E-state index is 0.0453. The Labute approximate surface area is 103 Å². The fourth-order valence-electron chi connectivity index (χ4n) is 1.42. The molecule has 0 radical (unpaired) electrons. The van der Waals surface area contributed by atoms with Gasteiger partial charge in [-0.3, -0.25) is 9.89 Å². The van der Waals surface area contributed by atoms with Crippen LogP contribution in [0, 0.1) is 0 Å². The average molecular weight is 278 g/mol. The highest BCUT2D eigenvalue weighted by Gasteiger charge is 2.39. The van der Waals surface area contributed by atoms with Crippen LogP contribution in [-0.4, -0.2) is 32.2 Å². The molecule has 0 aromatic carbocycles. The second-order valence-electron chi connectivity index (χ2n) is 3.62. The Morgan fingerprint density at radius 1 is 1.50 bits per heavy atom. The molecule has 2 aromatic heterocycles. The predicted molar refractivity (Wildman–Crippen MR) is 60.7 cm³/mol. The molecular weight excluding hydrogens is 269 g/mol. The van der Waals surface area contributed by atoms with Crippen molar-refractivity contribution in [1.29, 1.82) is 0 Å². The highest BCUT2D eigenvalue weighted by Crippen LogP contribution is 2.28. The van der Waals surface area contributed by atoms with E-state index in [9.17, 15) is 18.0 Å². The van der Waals surface area contributed by atoms with E-state index >= 15 is 0 Å². The number of aromatic amines is 1. The summed E-state index contributed by atoms with van der Waals surface area (Å²) in [5, 5.41) is 2.79. The first-order valence-corrected chi connectivity index (χ1v) is 6.15. The number of hydrogen-bond donors (Lipinski definition) is 1. The van der Waals surface area contributed by atoms with Gasteiger partial charge >= 0.3 is 6.18 Å². The summed E-state index contributed by atoms with van der Waals surface area (Å²) in [5.41, 5.74) is -0.669. The van der Waals surface area contributed by atoms with Crippen LogP contribution in [0.25, 0.3) is 11.0 Å². The zero-order chi connectivity index (χ0) is 13.5. The molecule has 0 amide bonds. The van der Waals surface area contributed by atoms with Crippen molar-refractivity contribution >= 4 is 22.8 Å². The summed E-state index contributed by atoms with van der Waals surface area (Å²) in [7, 11) is 0. The third-order valence-electron chi connectivity index (χ3n) is 2.49. The highest BCUT2D eigenvalue weighted by atomic mass is 32.2. The van der Waals surface area contributed by atoms with Gasteiger partial charge in [-0.05, 0) is 13.2 Å². The largest absolute Gasteiger partial charge is 0.410 e. The van der Waals surface area contributed by atoms with Crippen molar-refractivity contribution in [3.05, 3.63) is 16.6 Å². The minimum Gasteiger partial charge on any atom is -0.278 e. The van der Waals surface area contributed by atoms with Crippen LogP contribution >= 0.6 is 11.8 Å². The molecule has 5 nitrogen and oxygen atoms in total. The van der Waals surface area contributed by atoms with Gasteiger partial charge in [-0.15, -0.1) is 0 Å². The number of H-pyrrole nitrogens is 1. The topological polar surface area (TPSA) is 63.6 Å². The van der Waals surface area contributed by atoms with E-state index in [0.717, 1.165) is 6.92 Å². The van der Waals surface area contributed by atoms with Crippen LogP contribution in [-0.2, 0) is 0 Å². The Morgan fingerprint density at radius 3 is 2.72 bits per heavy atom. The molecule has 2 heterocycles. The molecule has 0 aliphatic carbocycles. The van der Waals surface area contributed by atoms with E-state index in [4.69, 9.17) is 0 Å². The van der Waals surface area contributed by atoms with Gasteiger partial charge in [-0.2, -0.15) is 13.2 Å². The number of aromatic nitrogens is 4. The summed E-state index contributed by atoms with van der Waals surface area (Å²) in [6, 6.07) is -1.93. The minimum atomic E-state index is -4.50. The molecule has 0 bridgehead atoms. The van der Waals surface area contributed by atoms with Gasteiger partial charge in [-0.25, -0.2) is 14.6 Å². The summed E-state index contributed by atoms with van der Waals surface area (Å²) in [4.78, 5) is 19.6. The first kappa shape index (κ1) is 12.9. The number of nitrogens with zero attached hydrogens (tertiary/aromatic N) is 3. The Hall–Kier alpha value is -1.51. The quantitative estimate of drug-likeness (QED) is 0.674. The van der Waals surface area contributed by atoms with Gasteiger partial charge in [0.15, 0.2) is 10.8 Å². The van der Waals surface area contributed by atoms with Gasteiger partial charge in [0, 0.05) is 6.20 Å². The molecule has 1 N–H and O–H groups in total. The zero-order valence-electron chi connectivity index (χ0n) is 9.45. The molecule has 2 aromatic rings. The maximum atomic E-state index is 12.6. The number of nitrogens with one attached hydrogen (secondary N) is 1. The molecule has 0 spiro atoms. The van der Waals surface area contributed by atoms with Crippen molar-refractivity contribution in [2.45, 2.75) is 24.3 Å². The number of thioether (sulfide) groups is 1. The Balaban J connectivity index is 2.61. The average Bonchev–Trinajstić information content (AvgIpc) is 2.64. The van der Waals surface area contributed by atoms with Crippen molar-refractivity contribution in [3.8, 4) is 0 Å². The maximum Gasteiger partial charge on any atom is 0.410 e. The lowest BCUT2D eigenvalue weighted by atomic mass is 10.3. The number of alkyl halides is 3. The van der Waals surface area contributed by atoms with Crippen LogP contribution < -0.4 is 5.56 Å². The standard InChI is InChI=1S/C9H9F3N4OS/c1-4(9(10,11)12)16-7(17)5-3-13-8(18-2)14-6(5)15-16/h3-4H,1-2H3,(H,13,14,15). The Kier molecular flexibility index (Phi) is 3.09. The summed E-state index contributed by atoms with van der Waals surface area (Å²) >= 11 is 1.24. The number of fused-ring (bicyclic) bond motifs is 1. The van der Waals surface area contributed by atoms with Crippen molar-refractivity contribution in [2.75, 3.05) is 6.26 Å². The lowest BCUT2D eigenvalue weighted by Gasteiger charge is -2.15. The van der Waals surface area contributed by atoms with E-state index in [0.29, 0.717) is 9.84 Å². The monoisotopic (exact) mass is 278 g/mol. The van der Waals surface area contributed by atoms with Gasteiger partial charge < -0.3 is 0 Å². The molecule has 0 aliphatic heterocycles. The van der Waals surface area contributed by atoms with E-state index in [2.05, 4.69) is 15.1 Å². The Bertz CT molecular complexity index is 633. The van der Waals surface area contributed by atoms with Crippen LogP contribution in [0.4, 0.5) is 13.2 Å². The number of halogens is 3. The van der Waals surface area contributed by atoms with E-state index in [1.807, 2.05) is 0 Å². The molecule has 98 valence electrons.